The molecule has 3 nitrogen and oxygen atoms in total. The molecule has 1 aliphatic carbocycles. The van der Waals surface area contributed by atoms with Crippen LogP contribution in [0.1, 0.15) is 25.7 Å². The second-order valence-corrected chi connectivity index (χ2v) is 5.40. The van der Waals surface area contributed by atoms with Crippen molar-refractivity contribution in [1.82, 2.24) is 0 Å². The molecule has 1 aliphatic rings. The lowest BCUT2D eigenvalue weighted by Crippen LogP contribution is -2.32. The molecule has 0 bridgehead atoms. The van der Waals surface area contributed by atoms with Gasteiger partial charge in [0.15, 0.2) is 0 Å². The van der Waals surface area contributed by atoms with Gasteiger partial charge in [-0.15, -0.1) is 11.8 Å². The Morgan fingerprint density at radius 3 is 2.67 bits per heavy atom. The second-order valence-electron chi connectivity index (χ2n) is 4.56. The molecule has 1 aromatic carbocycles. The van der Waals surface area contributed by atoms with Crippen LogP contribution in [-0.2, 0) is 4.79 Å². The molecule has 94 valence electrons. The summed E-state index contributed by atoms with van der Waals surface area (Å²) >= 11 is 1.59. The minimum absolute atomic E-state index is 0.149. The van der Waals surface area contributed by atoms with Crippen LogP contribution in [-0.4, -0.2) is 12.2 Å². The maximum atomic E-state index is 12.3. The van der Waals surface area contributed by atoms with Crippen LogP contribution in [0.25, 0.3) is 0 Å². The summed E-state index contributed by atoms with van der Waals surface area (Å²) < 4.78 is 0. The smallest absolute Gasteiger partial charge is 0.244 e. The van der Waals surface area contributed by atoms with Crippen LogP contribution in [0.4, 0.5) is 5.69 Å². The van der Waals surface area contributed by atoms with Gasteiger partial charge in [-0.25, -0.2) is 0 Å². The molecular formula is C14H16N2OS. The van der Waals surface area contributed by atoms with E-state index in [1.807, 2.05) is 30.5 Å². The van der Waals surface area contributed by atoms with Gasteiger partial charge in [-0.3, -0.25) is 4.79 Å². The zero-order valence-corrected chi connectivity index (χ0v) is 11.2. The van der Waals surface area contributed by atoms with Gasteiger partial charge in [0.05, 0.1) is 11.8 Å². The Labute approximate surface area is 112 Å². The summed E-state index contributed by atoms with van der Waals surface area (Å²) in [5.74, 6) is -0.149. The number of nitrogens with zero attached hydrogens (tertiary/aromatic N) is 1. The van der Waals surface area contributed by atoms with Crippen LogP contribution in [0.2, 0.25) is 0 Å². The number of hydrogen-bond acceptors (Lipinski definition) is 3. The van der Waals surface area contributed by atoms with Gasteiger partial charge in [-0.05, 0) is 31.2 Å². The summed E-state index contributed by atoms with van der Waals surface area (Å²) in [4.78, 5) is 13.3. The van der Waals surface area contributed by atoms with E-state index in [1.165, 1.54) is 0 Å². The standard InChI is InChI=1S/C14H16N2OS/c1-18-12-7-3-2-6-11(12)16-13(17)14(10-15)8-4-5-9-14/h2-3,6-7H,4-5,8-9H2,1H3,(H,16,17). The third kappa shape index (κ3) is 2.37. The first kappa shape index (κ1) is 13.0. The highest BCUT2D eigenvalue weighted by atomic mass is 32.2. The Morgan fingerprint density at radius 2 is 2.06 bits per heavy atom. The monoisotopic (exact) mass is 260 g/mol. The predicted molar refractivity (Wildman–Crippen MR) is 73.4 cm³/mol. The summed E-state index contributed by atoms with van der Waals surface area (Å²) in [6.07, 6.45) is 5.25. The minimum Gasteiger partial charge on any atom is -0.324 e. The topological polar surface area (TPSA) is 52.9 Å². The molecule has 0 atom stereocenters. The van der Waals surface area contributed by atoms with Crippen LogP contribution < -0.4 is 5.32 Å². The SMILES string of the molecule is CSc1ccccc1NC(=O)C1(C#N)CCCC1. The van der Waals surface area contributed by atoms with Crippen molar-refractivity contribution in [2.45, 2.75) is 30.6 Å². The molecule has 2 rings (SSSR count). The number of benzene rings is 1. The Morgan fingerprint density at radius 1 is 1.39 bits per heavy atom. The number of anilines is 1. The number of rotatable bonds is 3. The number of hydrogen-bond donors (Lipinski definition) is 1. The fraction of sp³-hybridized carbons (Fsp3) is 0.429. The molecule has 0 unspecified atom stereocenters. The molecule has 0 aliphatic heterocycles. The Bertz CT molecular complexity index is 487. The van der Waals surface area contributed by atoms with Gasteiger partial charge >= 0.3 is 0 Å². The van der Waals surface area contributed by atoms with E-state index < -0.39 is 5.41 Å². The fourth-order valence-electron chi connectivity index (χ4n) is 2.36. The largest absolute Gasteiger partial charge is 0.324 e. The normalized spacial score (nSPS) is 17.1. The lowest BCUT2D eigenvalue weighted by atomic mass is 9.87. The summed E-state index contributed by atoms with van der Waals surface area (Å²) in [5.41, 5.74) is -0.0116. The molecule has 1 fully saturated rings. The number of nitrogens with one attached hydrogen (secondary N) is 1. The number of para-hydroxylation sites is 1. The van der Waals surface area contributed by atoms with Crippen molar-refractivity contribution in [1.29, 1.82) is 5.26 Å². The number of thioether (sulfide) groups is 1. The van der Waals surface area contributed by atoms with Crippen molar-refractivity contribution < 1.29 is 4.79 Å². The van der Waals surface area contributed by atoms with Crippen molar-refractivity contribution in [2.75, 3.05) is 11.6 Å². The molecule has 0 saturated heterocycles. The summed E-state index contributed by atoms with van der Waals surface area (Å²) in [7, 11) is 0. The van der Waals surface area contributed by atoms with Gasteiger partial charge in [0.25, 0.3) is 0 Å². The van der Waals surface area contributed by atoms with Gasteiger partial charge in [-0.2, -0.15) is 5.26 Å². The van der Waals surface area contributed by atoms with Crippen molar-refractivity contribution >= 4 is 23.4 Å². The fourth-order valence-corrected chi connectivity index (χ4v) is 2.91. The highest BCUT2D eigenvalue weighted by molar-refractivity contribution is 7.98. The molecule has 18 heavy (non-hydrogen) atoms. The number of amides is 1. The lowest BCUT2D eigenvalue weighted by Gasteiger charge is -2.20. The zero-order valence-electron chi connectivity index (χ0n) is 10.4. The molecule has 4 heteroatoms. The Hall–Kier alpha value is -1.47. The zero-order chi connectivity index (χ0) is 13.0. The summed E-state index contributed by atoms with van der Waals surface area (Å²) in [6.45, 7) is 0. The van der Waals surface area contributed by atoms with Crippen LogP contribution in [0.3, 0.4) is 0 Å². The highest BCUT2D eigenvalue weighted by Crippen LogP contribution is 2.39. The third-order valence-corrected chi connectivity index (χ3v) is 4.26. The molecule has 0 radical (unpaired) electrons. The molecule has 0 heterocycles. The van der Waals surface area contributed by atoms with Crippen LogP contribution in [0.5, 0.6) is 0 Å². The van der Waals surface area contributed by atoms with Crippen LogP contribution in [0.15, 0.2) is 29.2 Å². The van der Waals surface area contributed by atoms with E-state index in [0.29, 0.717) is 12.8 Å². The van der Waals surface area contributed by atoms with E-state index in [-0.39, 0.29) is 5.91 Å². The van der Waals surface area contributed by atoms with Crippen LogP contribution in [0, 0.1) is 16.7 Å². The van der Waals surface area contributed by atoms with E-state index in [2.05, 4.69) is 11.4 Å². The number of carbonyl (C=O) groups is 1. The second kappa shape index (κ2) is 5.45. The number of carbonyl (C=O) groups excluding carboxylic acids is 1. The average Bonchev–Trinajstić information content (AvgIpc) is 2.89. The average molecular weight is 260 g/mol. The van der Waals surface area contributed by atoms with Gasteiger partial charge in [0.2, 0.25) is 5.91 Å². The maximum Gasteiger partial charge on any atom is 0.244 e. The molecule has 1 amide bonds. The maximum absolute atomic E-state index is 12.3. The first-order chi connectivity index (χ1) is 8.72. The molecular weight excluding hydrogens is 244 g/mol. The molecule has 1 aromatic rings. The summed E-state index contributed by atoms with van der Waals surface area (Å²) in [5, 5.41) is 12.2. The first-order valence-electron chi connectivity index (χ1n) is 6.07. The Balaban J connectivity index is 2.19. The molecule has 0 aromatic heterocycles. The number of nitriles is 1. The van der Waals surface area contributed by atoms with Crippen molar-refractivity contribution in [3.63, 3.8) is 0 Å². The van der Waals surface area contributed by atoms with Gasteiger partial charge in [-0.1, -0.05) is 25.0 Å². The Kier molecular flexibility index (Phi) is 3.93. The van der Waals surface area contributed by atoms with E-state index in [0.717, 1.165) is 23.4 Å². The van der Waals surface area contributed by atoms with Gasteiger partial charge in [0.1, 0.15) is 5.41 Å². The van der Waals surface area contributed by atoms with E-state index in [9.17, 15) is 10.1 Å². The first-order valence-corrected chi connectivity index (χ1v) is 7.30. The van der Waals surface area contributed by atoms with E-state index in [4.69, 9.17) is 0 Å². The van der Waals surface area contributed by atoms with Gasteiger partial charge < -0.3 is 5.32 Å². The van der Waals surface area contributed by atoms with Gasteiger partial charge in [0, 0.05) is 4.90 Å². The summed E-state index contributed by atoms with van der Waals surface area (Å²) in [6, 6.07) is 9.89. The predicted octanol–water partition coefficient (Wildman–Crippen LogP) is 3.43. The van der Waals surface area contributed by atoms with Crippen molar-refractivity contribution in [2.24, 2.45) is 5.41 Å². The molecule has 1 N–H and O–H groups in total. The highest BCUT2D eigenvalue weighted by Gasteiger charge is 2.41. The molecule has 1 saturated carbocycles. The quantitative estimate of drug-likeness (QED) is 0.847. The van der Waals surface area contributed by atoms with E-state index >= 15 is 0 Å². The molecule has 0 spiro atoms. The van der Waals surface area contributed by atoms with E-state index in [1.54, 1.807) is 11.8 Å². The van der Waals surface area contributed by atoms with Crippen molar-refractivity contribution in [3.8, 4) is 6.07 Å². The minimum atomic E-state index is -0.814. The van der Waals surface area contributed by atoms with Crippen molar-refractivity contribution in [3.05, 3.63) is 24.3 Å². The third-order valence-electron chi connectivity index (χ3n) is 3.46. The van der Waals surface area contributed by atoms with Crippen LogP contribution >= 0.6 is 11.8 Å². The lowest BCUT2D eigenvalue weighted by molar-refractivity contribution is -0.122.